The minimum absolute atomic E-state index is 0.0941. The predicted molar refractivity (Wildman–Crippen MR) is 56.2 cm³/mol. The highest BCUT2D eigenvalue weighted by Crippen LogP contribution is 2.40. The van der Waals surface area contributed by atoms with Gasteiger partial charge in [0.1, 0.15) is 5.78 Å². The van der Waals surface area contributed by atoms with E-state index in [1.807, 2.05) is 13.8 Å². The SMILES string of the molecule is COC(=O)C1CC(C)(C)CC(=O)C1Br. The molecule has 0 aliphatic heterocycles. The first kappa shape index (κ1) is 11.7. The van der Waals surface area contributed by atoms with Crippen LogP contribution >= 0.6 is 15.9 Å². The molecule has 2 atom stereocenters. The Bertz CT molecular complexity index is 260. The van der Waals surface area contributed by atoms with E-state index in [9.17, 15) is 9.59 Å². The molecule has 14 heavy (non-hydrogen) atoms. The largest absolute Gasteiger partial charge is 0.469 e. The van der Waals surface area contributed by atoms with Gasteiger partial charge in [-0.05, 0) is 11.8 Å². The number of hydrogen-bond donors (Lipinski definition) is 0. The summed E-state index contributed by atoms with van der Waals surface area (Å²) in [6.07, 6.45) is 1.22. The Hall–Kier alpha value is -0.380. The molecule has 1 saturated carbocycles. The van der Waals surface area contributed by atoms with Crippen LogP contribution in [0, 0.1) is 11.3 Å². The molecule has 0 amide bonds. The van der Waals surface area contributed by atoms with E-state index in [0.717, 1.165) is 0 Å². The molecule has 0 bridgehead atoms. The second-order valence-corrected chi connectivity index (χ2v) is 5.53. The molecule has 3 nitrogen and oxygen atoms in total. The molecule has 0 aromatic rings. The second-order valence-electron chi connectivity index (χ2n) is 4.54. The van der Waals surface area contributed by atoms with Gasteiger partial charge in [0.2, 0.25) is 0 Å². The third-order valence-electron chi connectivity index (χ3n) is 2.59. The summed E-state index contributed by atoms with van der Waals surface area (Å²) >= 11 is 3.26. The van der Waals surface area contributed by atoms with Crippen LogP contribution in [-0.2, 0) is 14.3 Å². The number of halogens is 1. The van der Waals surface area contributed by atoms with Crippen LogP contribution in [0.4, 0.5) is 0 Å². The summed E-state index contributed by atoms with van der Waals surface area (Å²) in [5.41, 5.74) is -0.0970. The second kappa shape index (κ2) is 4.01. The van der Waals surface area contributed by atoms with Gasteiger partial charge in [0, 0.05) is 6.42 Å². The van der Waals surface area contributed by atoms with Crippen LogP contribution in [0.15, 0.2) is 0 Å². The lowest BCUT2D eigenvalue weighted by Crippen LogP contribution is -2.41. The van der Waals surface area contributed by atoms with Crippen LogP contribution in [0.25, 0.3) is 0 Å². The third-order valence-corrected chi connectivity index (χ3v) is 3.74. The summed E-state index contributed by atoms with van der Waals surface area (Å²) in [6.45, 7) is 4.00. The maximum Gasteiger partial charge on any atom is 0.310 e. The molecule has 2 unspecified atom stereocenters. The lowest BCUT2D eigenvalue weighted by atomic mass is 9.71. The number of Topliss-reactive ketones (excluding diaryl/α,β-unsaturated/α-hetero) is 1. The summed E-state index contributed by atoms with van der Waals surface area (Å²) < 4.78 is 4.68. The Morgan fingerprint density at radius 2 is 2.14 bits per heavy atom. The first-order valence-corrected chi connectivity index (χ1v) is 5.53. The summed E-state index contributed by atoms with van der Waals surface area (Å²) in [7, 11) is 1.36. The zero-order valence-electron chi connectivity index (χ0n) is 8.67. The van der Waals surface area contributed by atoms with Crippen molar-refractivity contribution in [2.75, 3.05) is 7.11 Å². The van der Waals surface area contributed by atoms with Crippen molar-refractivity contribution in [3.63, 3.8) is 0 Å². The number of carbonyl (C=O) groups excluding carboxylic acids is 2. The average molecular weight is 263 g/mol. The molecule has 80 valence electrons. The fraction of sp³-hybridized carbons (Fsp3) is 0.800. The Balaban J connectivity index is 2.83. The Labute approximate surface area is 92.3 Å². The minimum Gasteiger partial charge on any atom is -0.469 e. The highest BCUT2D eigenvalue weighted by atomic mass is 79.9. The van der Waals surface area contributed by atoms with Crippen molar-refractivity contribution >= 4 is 27.7 Å². The van der Waals surface area contributed by atoms with E-state index in [0.29, 0.717) is 12.8 Å². The number of carbonyl (C=O) groups is 2. The van der Waals surface area contributed by atoms with Crippen molar-refractivity contribution in [3.05, 3.63) is 0 Å². The monoisotopic (exact) mass is 262 g/mol. The van der Waals surface area contributed by atoms with Crippen molar-refractivity contribution in [2.24, 2.45) is 11.3 Å². The predicted octanol–water partition coefficient (Wildman–Crippen LogP) is 1.93. The minimum atomic E-state index is -0.372. The fourth-order valence-electron chi connectivity index (χ4n) is 1.92. The van der Waals surface area contributed by atoms with Crippen molar-refractivity contribution in [1.29, 1.82) is 0 Å². The zero-order chi connectivity index (χ0) is 10.9. The lowest BCUT2D eigenvalue weighted by molar-refractivity contribution is -0.150. The van der Waals surface area contributed by atoms with Gasteiger partial charge in [-0.2, -0.15) is 0 Å². The number of ether oxygens (including phenoxy) is 1. The van der Waals surface area contributed by atoms with Crippen LogP contribution in [0.5, 0.6) is 0 Å². The van der Waals surface area contributed by atoms with Crippen molar-refractivity contribution in [2.45, 2.75) is 31.5 Å². The van der Waals surface area contributed by atoms with Crippen LogP contribution in [0.3, 0.4) is 0 Å². The van der Waals surface area contributed by atoms with Crippen LogP contribution in [0.2, 0.25) is 0 Å². The maximum atomic E-state index is 11.6. The molecule has 4 heteroatoms. The summed E-state index contributed by atoms with van der Waals surface area (Å²) in [6, 6.07) is 0. The van der Waals surface area contributed by atoms with Crippen molar-refractivity contribution in [3.8, 4) is 0 Å². The first-order chi connectivity index (χ1) is 6.37. The number of methoxy groups -OCH3 is 1. The highest BCUT2D eigenvalue weighted by Gasteiger charge is 2.43. The normalized spacial score (nSPS) is 31.3. The molecule has 0 aromatic heterocycles. The zero-order valence-corrected chi connectivity index (χ0v) is 10.3. The topological polar surface area (TPSA) is 43.4 Å². The van der Waals surface area contributed by atoms with Gasteiger partial charge in [-0.1, -0.05) is 29.8 Å². The van der Waals surface area contributed by atoms with E-state index in [1.54, 1.807) is 0 Å². The molecule has 1 rings (SSSR count). The maximum absolute atomic E-state index is 11.6. The third kappa shape index (κ3) is 2.35. The van der Waals surface area contributed by atoms with Crippen LogP contribution < -0.4 is 0 Å². The van der Waals surface area contributed by atoms with Gasteiger partial charge in [-0.25, -0.2) is 0 Å². The van der Waals surface area contributed by atoms with E-state index in [1.165, 1.54) is 7.11 Å². The Morgan fingerprint density at radius 1 is 1.57 bits per heavy atom. The van der Waals surface area contributed by atoms with Gasteiger partial charge in [-0.3, -0.25) is 9.59 Å². The molecule has 0 radical (unpaired) electrons. The molecule has 1 aliphatic rings. The number of ketones is 1. The molecule has 1 fully saturated rings. The van der Waals surface area contributed by atoms with Crippen LogP contribution in [0.1, 0.15) is 26.7 Å². The highest BCUT2D eigenvalue weighted by molar-refractivity contribution is 9.10. The quantitative estimate of drug-likeness (QED) is 0.536. The molecule has 0 heterocycles. The van der Waals surface area contributed by atoms with Gasteiger partial charge < -0.3 is 4.74 Å². The molecular formula is C10H15BrO3. The molecule has 0 spiro atoms. The van der Waals surface area contributed by atoms with E-state index in [4.69, 9.17) is 0 Å². The smallest absolute Gasteiger partial charge is 0.310 e. The number of rotatable bonds is 1. The summed E-state index contributed by atoms with van der Waals surface area (Å²) in [4.78, 5) is 22.6. The molecule has 0 aromatic carbocycles. The standard InChI is InChI=1S/C10H15BrO3/c1-10(2)4-6(9(13)14-3)8(11)7(12)5-10/h6,8H,4-5H2,1-3H3. The van der Waals surface area contributed by atoms with Gasteiger partial charge in [0.05, 0.1) is 17.9 Å². The van der Waals surface area contributed by atoms with Gasteiger partial charge >= 0.3 is 5.97 Å². The van der Waals surface area contributed by atoms with Gasteiger partial charge in [0.15, 0.2) is 0 Å². The fourth-order valence-corrected chi connectivity index (χ4v) is 2.48. The lowest BCUT2D eigenvalue weighted by Gasteiger charge is -2.35. The van der Waals surface area contributed by atoms with E-state index in [-0.39, 0.29) is 27.9 Å². The van der Waals surface area contributed by atoms with Gasteiger partial charge in [-0.15, -0.1) is 0 Å². The summed E-state index contributed by atoms with van der Waals surface area (Å²) in [5.74, 6) is -0.541. The van der Waals surface area contributed by atoms with Crippen LogP contribution in [-0.4, -0.2) is 23.7 Å². The summed E-state index contributed by atoms with van der Waals surface area (Å²) in [5, 5.41) is 0. The van der Waals surface area contributed by atoms with Crippen molar-refractivity contribution < 1.29 is 14.3 Å². The van der Waals surface area contributed by atoms with E-state index < -0.39 is 0 Å². The Kier molecular flexibility index (Phi) is 3.35. The van der Waals surface area contributed by atoms with E-state index >= 15 is 0 Å². The number of alkyl halides is 1. The molecule has 0 N–H and O–H groups in total. The molecule has 1 aliphatic carbocycles. The van der Waals surface area contributed by atoms with Gasteiger partial charge in [0.25, 0.3) is 0 Å². The molecular weight excluding hydrogens is 248 g/mol. The Morgan fingerprint density at radius 3 is 2.64 bits per heavy atom. The van der Waals surface area contributed by atoms with Crippen molar-refractivity contribution in [1.82, 2.24) is 0 Å². The van der Waals surface area contributed by atoms with E-state index in [2.05, 4.69) is 20.7 Å². The number of esters is 1. The first-order valence-electron chi connectivity index (χ1n) is 4.62. The average Bonchev–Trinajstić information content (AvgIpc) is 2.09. The molecule has 0 saturated heterocycles. The number of hydrogen-bond acceptors (Lipinski definition) is 3.